The van der Waals surface area contributed by atoms with Crippen LogP contribution in [0.1, 0.15) is 12.5 Å². The average Bonchev–Trinajstić information content (AvgIpc) is 3.30. The van der Waals surface area contributed by atoms with Crippen molar-refractivity contribution in [3.05, 3.63) is 96.6 Å². The number of hydrogen-bond donors (Lipinski definition) is 0. The Morgan fingerprint density at radius 2 is 1.17 bits per heavy atom. The van der Waals surface area contributed by atoms with Crippen molar-refractivity contribution in [2.45, 2.75) is 13.5 Å². The monoisotopic (exact) mass is 387 g/mol. The van der Waals surface area contributed by atoms with Crippen molar-refractivity contribution in [3.63, 3.8) is 0 Å². The first-order valence-corrected chi connectivity index (χ1v) is 10.4. The van der Waals surface area contributed by atoms with Gasteiger partial charge in [0, 0.05) is 39.1 Å². The zero-order chi connectivity index (χ0) is 20.1. The van der Waals surface area contributed by atoms with E-state index in [2.05, 4.69) is 102 Å². The quantitative estimate of drug-likeness (QED) is 0.298. The van der Waals surface area contributed by atoms with E-state index >= 15 is 0 Å². The number of para-hydroxylation sites is 3. The van der Waals surface area contributed by atoms with E-state index in [1.54, 1.807) is 0 Å². The van der Waals surface area contributed by atoms with Crippen molar-refractivity contribution >= 4 is 49.8 Å². The van der Waals surface area contributed by atoms with Gasteiger partial charge in [0.2, 0.25) is 0 Å². The van der Waals surface area contributed by atoms with Crippen molar-refractivity contribution in [1.82, 2.24) is 9.24 Å². The van der Waals surface area contributed by atoms with Crippen LogP contribution in [-0.4, -0.2) is 15.5 Å². The molecule has 0 fully saturated rings. The molecule has 0 aliphatic heterocycles. The minimum Gasteiger partial charge on any atom is -0.341 e. The summed E-state index contributed by atoms with van der Waals surface area (Å²) in [6.45, 7) is 3.14. The highest BCUT2D eigenvalue weighted by Crippen LogP contribution is 2.30. The second-order valence-corrected chi connectivity index (χ2v) is 7.63. The maximum atomic E-state index is 4.89. The summed E-state index contributed by atoms with van der Waals surface area (Å²) in [5, 5.41) is 9.95. The standard InChI is InChI=1S/C27H21N3/c1-2-29-24-12-6-3-9-20(24)23-16-15-19(17-27(23)29)18-28-30-25-13-7-4-10-21(25)22-11-5-8-14-26(22)30/h3-18H,2H2,1H3. The number of fused-ring (bicyclic) bond motifs is 6. The molecule has 2 aromatic heterocycles. The SMILES string of the molecule is CCn1c2ccccc2c2ccc(C=Nn3c4ccccc4c4ccccc43)cc21. The first kappa shape index (κ1) is 17.0. The summed E-state index contributed by atoms with van der Waals surface area (Å²) in [7, 11) is 0. The van der Waals surface area contributed by atoms with Gasteiger partial charge in [-0.1, -0.05) is 66.7 Å². The molecule has 0 radical (unpaired) electrons. The van der Waals surface area contributed by atoms with Crippen LogP contribution in [0.25, 0.3) is 43.6 Å². The average molecular weight is 387 g/mol. The lowest BCUT2D eigenvalue weighted by Crippen LogP contribution is -1.94. The zero-order valence-electron chi connectivity index (χ0n) is 16.8. The molecule has 2 heterocycles. The Morgan fingerprint density at radius 3 is 1.80 bits per heavy atom. The summed E-state index contributed by atoms with van der Waals surface area (Å²) in [6, 6.07) is 32.1. The molecular formula is C27H21N3. The normalized spacial score (nSPS) is 12.2. The van der Waals surface area contributed by atoms with E-state index in [0.29, 0.717) is 0 Å². The second-order valence-electron chi connectivity index (χ2n) is 7.63. The number of nitrogens with zero attached hydrogens (tertiary/aromatic N) is 3. The van der Waals surface area contributed by atoms with Crippen molar-refractivity contribution in [1.29, 1.82) is 0 Å². The zero-order valence-corrected chi connectivity index (χ0v) is 16.8. The maximum Gasteiger partial charge on any atom is 0.0732 e. The molecule has 3 nitrogen and oxygen atoms in total. The fraction of sp³-hybridized carbons (Fsp3) is 0.0741. The Balaban J connectivity index is 1.53. The molecule has 0 aliphatic rings. The molecule has 0 N–H and O–H groups in total. The van der Waals surface area contributed by atoms with E-state index in [1.807, 2.05) is 10.9 Å². The predicted molar refractivity (Wildman–Crippen MR) is 128 cm³/mol. The molecule has 4 aromatic carbocycles. The minimum atomic E-state index is 0.942. The van der Waals surface area contributed by atoms with E-state index in [0.717, 1.165) is 23.1 Å². The van der Waals surface area contributed by atoms with Gasteiger partial charge in [-0.05, 0) is 36.8 Å². The summed E-state index contributed by atoms with van der Waals surface area (Å²) in [5.41, 5.74) is 5.88. The Labute approximate surface area is 174 Å². The largest absolute Gasteiger partial charge is 0.341 e. The lowest BCUT2D eigenvalue weighted by Gasteiger charge is -2.04. The molecule has 0 saturated carbocycles. The Kier molecular flexibility index (Phi) is 3.75. The van der Waals surface area contributed by atoms with Crippen LogP contribution >= 0.6 is 0 Å². The summed E-state index contributed by atoms with van der Waals surface area (Å²) in [5.74, 6) is 0. The molecule has 30 heavy (non-hydrogen) atoms. The molecule has 6 aromatic rings. The highest BCUT2D eigenvalue weighted by molar-refractivity contribution is 6.10. The van der Waals surface area contributed by atoms with Gasteiger partial charge in [0.15, 0.2) is 0 Å². The first-order chi connectivity index (χ1) is 14.8. The molecule has 144 valence electrons. The first-order valence-electron chi connectivity index (χ1n) is 10.4. The van der Waals surface area contributed by atoms with Crippen LogP contribution in [0.5, 0.6) is 0 Å². The van der Waals surface area contributed by atoms with Gasteiger partial charge in [-0.2, -0.15) is 5.10 Å². The van der Waals surface area contributed by atoms with E-state index < -0.39 is 0 Å². The molecular weight excluding hydrogens is 366 g/mol. The van der Waals surface area contributed by atoms with Gasteiger partial charge in [-0.3, -0.25) is 0 Å². The highest BCUT2D eigenvalue weighted by Gasteiger charge is 2.10. The van der Waals surface area contributed by atoms with Gasteiger partial charge in [-0.15, -0.1) is 0 Å². The Bertz CT molecular complexity index is 1530. The number of aromatic nitrogens is 2. The van der Waals surface area contributed by atoms with E-state index in [1.165, 1.54) is 32.6 Å². The van der Waals surface area contributed by atoms with Crippen molar-refractivity contribution < 1.29 is 0 Å². The van der Waals surface area contributed by atoms with Crippen LogP contribution in [0.4, 0.5) is 0 Å². The van der Waals surface area contributed by atoms with Crippen LogP contribution in [0.2, 0.25) is 0 Å². The summed E-state index contributed by atoms with van der Waals surface area (Å²) < 4.78 is 4.42. The summed E-state index contributed by atoms with van der Waals surface area (Å²) >= 11 is 0. The van der Waals surface area contributed by atoms with Crippen LogP contribution in [0.3, 0.4) is 0 Å². The van der Waals surface area contributed by atoms with Gasteiger partial charge in [0.05, 0.1) is 17.2 Å². The van der Waals surface area contributed by atoms with Crippen molar-refractivity contribution in [3.8, 4) is 0 Å². The fourth-order valence-corrected chi connectivity index (χ4v) is 4.64. The predicted octanol–water partition coefficient (Wildman–Crippen LogP) is 6.80. The third kappa shape index (κ3) is 2.42. The van der Waals surface area contributed by atoms with Gasteiger partial charge in [0.1, 0.15) is 0 Å². The number of aryl methyl sites for hydroxylation is 1. The van der Waals surface area contributed by atoms with Gasteiger partial charge in [-0.25, -0.2) is 4.68 Å². The van der Waals surface area contributed by atoms with Crippen molar-refractivity contribution in [2.24, 2.45) is 5.10 Å². The Hall–Kier alpha value is -3.85. The molecule has 6 rings (SSSR count). The lowest BCUT2D eigenvalue weighted by molar-refractivity contribution is 0.827. The third-order valence-corrected chi connectivity index (χ3v) is 5.99. The molecule has 0 amide bonds. The lowest BCUT2D eigenvalue weighted by atomic mass is 10.1. The van der Waals surface area contributed by atoms with Gasteiger partial charge >= 0.3 is 0 Å². The third-order valence-electron chi connectivity index (χ3n) is 5.99. The number of rotatable bonds is 3. The van der Waals surface area contributed by atoms with Crippen LogP contribution < -0.4 is 0 Å². The summed E-state index contributed by atoms with van der Waals surface area (Å²) in [6.07, 6.45) is 1.97. The number of hydrogen-bond acceptors (Lipinski definition) is 1. The number of benzene rings is 4. The Morgan fingerprint density at radius 1 is 0.633 bits per heavy atom. The molecule has 0 atom stereocenters. The van der Waals surface area contributed by atoms with E-state index in [-0.39, 0.29) is 0 Å². The molecule has 0 aliphatic carbocycles. The van der Waals surface area contributed by atoms with Crippen LogP contribution in [-0.2, 0) is 6.54 Å². The van der Waals surface area contributed by atoms with Crippen LogP contribution in [0, 0.1) is 0 Å². The molecule has 0 saturated heterocycles. The fourth-order valence-electron chi connectivity index (χ4n) is 4.64. The smallest absolute Gasteiger partial charge is 0.0732 e. The molecule has 0 spiro atoms. The topological polar surface area (TPSA) is 22.2 Å². The maximum absolute atomic E-state index is 4.89. The molecule has 0 unspecified atom stereocenters. The van der Waals surface area contributed by atoms with E-state index in [9.17, 15) is 0 Å². The minimum absolute atomic E-state index is 0.942. The van der Waals surface area contributed by atoms with Crippen LogP contribution in [0.15, 0.2) is 96.1 Å². The van der Waals surface area contributed by atoms with Crippen molar-refractivity contribution in [2.75, 3.05) is 0 Å². The van der Waals surface area contributed by atoms with E-state index in [4.69, 9.17) is 5.10 Å². The highest BCUT2D eigenvalue weighted by atomic mass is 15.3. The molecule has 0 bridgehead atoms. The molecule has 3 heteroatoms. The van der Waals surface area contributed by atoms with Gasteiger partial charge < -0.3 is 4.57 Å². The second kappa shape index (κ2) is 6.60. The van der Waals surface area contributed by atoms with Gasteiger partial charge in [0.25, 0.3) is 0 Å². The summed E-state index contributed by atoms with van der Waals surface area (Å²) in [4.78, 5) is 0.